The van der Waals surface area contributed by atoms with Gasteiger partial charge in [0, 0.05) is 14.2 Å². The molecule has 0 amide bonds. The van der Waals surface area contributed by atoms with E-state index in [-0.39, 0.29) is 0 Å². The molecule has 0 saturated carbocycles. The van der Waals surface area contributed by atoms with Crippen molar-refractivity contribution in [2.24, 2.45) is 0 Å². The molecule has 2 nitrogen and oxygen atoms in total. The van der Waals surface area contributed by atoms with Crippen LogP contribution >= 0.6 is 0 Å². The number of rotatable bonds is 8. The zero-order valence-electron chi connectivity index (χ0n) is 18.5. The number of hydrogen-bond acceptors (Lipinski definition) is 2. The Kier molecular flexibility index (Phi) is 6.97. The second kappa shape index (κ2) is 10.1. The first-order valence-electron chi connectivity index (χ1n) is 10.8. The average molecular weight is 453 g/mol. The smallest absolute Gasteiger partial charge is 0.280 e. The highest BCUT2D eigenvalue weighted by Gasteiger charge is 2.41. The van der Waals surface area contributed by atoms with Gasteiger partial charge in [0.15, 0.2) is 0 Å². The van der Waals surface area contributed by atoms with Crippen molar-refractivity contribution < 1.29 is 8.85 Å². The van der Waals surface area contributed by atoms with Crippen LogP contribution in [-0.2, 0) is 8.85 Å². The van der Waals surface area contributed by atoms with Crippen LogP contribution in [0.15, 0.2) is 133 Å². The molecule has 0 bridgehead atoms. The molecule has 0 aliphatic rings. The van der Waals surface area contributed by atoms with Crippen LogP contribution < -0.4 is 20.7 Å². The van der Waals surface area contributed by atoms with E-state index in [1.54, 1.807) is 0 Å². The zero-order valence-corrected chi connectivity index (χ0v) is 20.5. The topological polar surface area (TPSA) is 18.5 Å². The summed E-state index contributed by atoms with van der Waals surface area (Å²) in [5, 5.41) is 4.85. The zero-order chi connectivity index (χ0) is 22.3. The minimum atomic E-state index is -2.64. The molecule has 0 aliphatic heterocycles. The Morgan fingerprint density at radius 3 is 0.812 bits per heavy atom. The maximum atomic E-state index is 6.44. The summed E-state index contributed by atoms with van der Waals surface area (Å²) in [4.78, 5) is 0. The summed E-state index contributed by atoms with van der Waals surface area (Å²) in [5.41, 5.74) is 4.65. The maximum absolute atomic E-state index is 6.44. The van der Waals surface area contributed by atoms with Gasteiger partial charge in [0.05, 0.1) is 0 Å². The summed E-state index contributed by atoms with van der Waals surface area (Å²) >= 11 is 0. The van der Waals surface area contributed by atoms with Crippen LogP contribution in [0.3, 0.4) is 0 Å². The fraction of sp³-hybridized carbons (Fsp3) is 0.0714. The van der Waals surface area contributed by atoms with E-state index in [1.807, 2.05) is 14.2 Å². The summed E-state index contributed by atoms with van der Waals surface area (Å²) in [6, 6.07) is 42.3. The van der Waals surface area contributed by atoms with Crippen molar-refractivity contribution in [1.82, 2.24) is 0 Å². The highest BCUT2D eigenvalue weighted by Crippen LogP contribution is 2.14. The van der Waals surface area contributed by atoms with Gasteiger partial charge >= 0.3 is 0 Å². The lowest BCUT2D eigenvalue weighted by Gasteiger charge is -2.31. The second-order valence-corrected chi connectivity index (χ2v) is 14.4. The Bertz CT molecular complexity index is 959. The van der Waals surface area contributed by atoms with E-state index in [2.05, 4.69) is 133 Å². The van der Waals surface area contributed by atoms with Crippen molar-refractivity contribution in [3.8, 4) is 0 Å². The van der Waals surface area contributed by atoms with Crippen molar-refractivity contribution in [3.63, 3.8) is 0 Å². The first-order chi connectivity index (χ1) is 15.7. The van der Waals surface area contributed by atoms with Crippen LogP contribution in [0.2, 0.25) is 0 Å². The molecule has 0 unspecified atom stereocenters. The van der Waals surface area contributed by atoms with Crippen molar-refractivity contribution in [1.29, 1.82) is 0 Å². The molecule has 32 heavy (non-hydrogen) atoms. The average Bonchev–Trinajstić information content (AvgIpc) is 2.89. The molecule has 0 spiro atoms. The summed E-state index contributed by atoms with van der Waals surface area (Å²) < 4.78 is 12.9. The molecule has 0 aliphatic carbocycles. The van der Waals surface area contributed by atoms with Gasteiger partial charge in [0.1, 0.15) is 0 Å². The maximum Gasteiger partial charge on any atom is 0.280 e. The molecule has 0 saturated heterocycles. The van der Waals surface area contributed by atoms with Gasteiger partial charge in [0.25, 0.3) is 16.6 Å². The Morgan fingerprint density at radius 1 is 0.406 bits per heavy atom. The minimum Gasteiger partial charge on any atom is -0.408 e. The Morgan fingerprint density at radius 2 is 0.625 bits per heavy atom. The van der Waals surface area contributed by atoms with Gasteiger partial charge in [-0.15, -0.1) is 0 Å². The SMILES string of the molecule is CO[Si](/C=C\[Si](OC)(c1ccccc1)c1ccccc1)(c1ccccc1)c1ccccc1. The summed E-state index contributed by atoms with van der Waals surface area (Å²) in [5.74, 6) is 0. The van der Waals surface area contributed by atoms with Gasteiger partial charge in [-0.2, -0.15) is 0 Å². The van der Waals surface area contributed by atoms with Crippen LogP contribution in [0, 0.1) is 0 Å². The largest absolute Gasteiger partial charge is 0.408 e. The van der Waals surface area contributed by atoms with E-state index < -0.39 is 16.6 Å². The third-order valence-electron chi connectivity index (χ3n) is 6.01. The van der Waals surface area contributed by atoms with E-state index in [0.717, 1.165) is 0 Å². The van der Waals surface area contributed by atoms with Gasteiger partial charge in [0.2, 0.25) is 0 Å². The molecule has 0 heterocycles. The molecule has 4 heteroatoms. The predicted octanol–water partition coefficient (Wildman–Crippen LogP) is 3.43. The first kappa shape index (κ1) is 22.2. The van der Waals surface area contributed by atoms with E-state index in [4.69, 9.17) is 8.85 Å². The van der Waals surface area contributed by atoms with E-state index in [0.29, 0.717) is 0 Å². The van der Waals surface area contributed by atoms with Crippen LogP contribution in [0.25, 0.3) is 0 Å². The second-order valence-electron chi connectivity index (χ2n) is 7.68. The monoisotopic (exact) mass is 452 g/mol. The standard InChI is InChI=1S/C28H28O2Si2/c1-29-31(25-15-7-3-8-16-25,26-17-9-4-10-18-26)23-24-32(30-2,27-19-11-5-12-20-27)28-21-13-6-14-22-28/h3-24H,1-2H3/b24-23-. The summed E-state index contributed by atoms with van der Waals surface area (Å²) in [6.45, 7) is 0. The van der Waals surface area contributed by atoms with E-state index >= 15 is 0 Å². The fourth-order valence-corrected chi connectivity index (χ4v) is 11.6. The quantitative estimate of drug-likeness (QED) is 0.381. The Balaban J connectivity index is 1.95. The van der Waals surface area contributed by atoms with Crippen LogP contribution in [0.4, 0.5) is 0 Å². The molecule has 0 N–H and O–H groups in total. The van der Waals surface area contributed by atoms with Gasteiger partial charge in [-0.3, -0.25) is 0 Å². The molecule has 0 aromatic heterocycles. The van der Waals surface area contributed by atoms with Gasteiger partial charge in [-0.25, -0.2) is 0 Å². The molecule has 4 rings (SSSR count). The van der Waals surface area contributed by atoms with Crippen LogP contribution in [0.5, 0.6) is 0 Å². The highest BCUT2D eigenvalue weighted by molar-refractivity contribution is 7.05. The molecule has 0 fully saturated rings. The number of benzene rings is 4. The normalized spacial score (nSPS) is 12.2. The van der Waals surface area contributed by atoms with Crippen molar-refractivity contribution in [2.75, 3.05) is 14.2 Å². The lowest BCUT2D eigenvalue weighted by Crippen LogP contribution is -2.62. The van der Waals surface area contributed by atoms with E-state index in [1.165, 1.54) is 20.7 Å². The summed E-state index contributed by atoms with van der Waals surface area (Å²) in [6.07, 6.45) is 0. The first-order valence-corrected chi connectivity index (χ1v) is 14.7. The van der Waals surface area contributed by atoms with Crippen molar-refractivity contribution in [3.05, 3.63) is 133 Å². The van der Waals surface area contributed by atoms with Crippen molar-refractivity contribution in [2.45, 2.75) is 0 Å². The lowest BCUT2D eigenvalue weighted by molar-refractivity contribution is 0.422. The third kappa shape index (κ3) is 4.18. The van der Waals surface area contributed by atoms with Crippen LogP contribution in [0.1, 0.15) is 0 Å². The van der Waals surface area contributed by atoms with Gasteiger partial charge in [-0.1, -0.05) is 133 Å². The van der Waals surface area contributed by atoms with E-state index in [9.17, 15) is 0 Å². The lowest BCUT2D eigenvalue weighted by atomic mass is 10.4. The molecule has 0 atom stereocenters. The minimum absolute atomic E-state index is 1.21. The highest BCUT2D eigenvalue weighted by atomic mass is 28.4. The summed E-state index contributed by atoms with van der Waals surface area (Å²) in [7, 11) is -1.62. The van der Waals surface area contributed by atoms with Crippen molar-refractivity contribution >= 4 is 37.4 Å². The number of hydrogen-bond donors (Lipinski definition) is 0. The molecule has 4 aromatic carbocycles. The molecule has 4 aromatic rings. The Labute approximate surface area is 193 Å². The molecule has 0 radical (unpaired) electrons. The van der Waals surface area contributed by atoms with Gasteiger partial charge in [-0.05, 0) is 20.7 Å². The fourth-order valence-electron chi connectivity index (χ4n) is 4.30. The Hall–Kier alpha value is -3.03. The molecule has 160 valence electrons. The van der Waals surface area contributed by atoms with Crippen LogP contribution in [-0.4, -0.2) is 30.9 Å². The molecular formula is C28H28O2Si2. The third-order valence-corrected chi connectivity index (χ3v) is 13.7. The van der Waals surface area contributed by atoms with Gasteiger partial charge < -0.3 is 8.85 Å². The predicted molar refractivity (Wildman–Crippen MR) is 139 cm³/mol. The molecular weight excluding hydrogens is 424 g/mol.